The summed E-state index contributed by atoms with van der Waals surface area (Å²) in [6.45, 7) is 6.39. The summed E-state index contributed by atoms with van der Waals surface area (Å²) in [5.74, 6) is -1.10. The number of carbonyl (C=O) groups is 1. The molecule has 0 saturated heterocycles. The van der Waals surface area contributed by atoms with Crippen LogP contribution < -0.4 is 5.32 Å². The van der Waals surface area contributed by atoms with E-state index in [4.69, 9.17) is 0 Å². The summed E-state index contributed by atoms with van der Waals surface area (Å²) < 4.78 is 31.5. The van der Waals surface area contributed by atoms with Gasteiger partial charge >= 0.3 is 0 Å². The van der Waals surface area contributed by atoms with Crippen molar-refractivity contribution < 1.29 is 17.8 Å². The Morgan fingerprint density at radius 3 is 2.14 bits per heavy atom. The van der Waals surface area contributed by atoms with Gasteiger partial charge in [-0.15, -0.1) is 0 Å². The Kier molecular flexibility index (Phi) is 4.08. The normalized spacial score (nSPS) is 13.0. The lowest BCUT2D eigenvalue weighted by atomic mass is 10.1. The van der Waals surface area contributed by atoms with Gasteiger partial charge in [-0.3, -0.25) is 4.79 Å². The van der Waals surface area contributed by atoms with Crippen LogP contribution in [0.15, 0.2) is 0 Å². The number of rotatable bonds is 4. The minimum absolute atomic E-state index is 0.233. The highest BCUT2D eigenvalue weighted by Crippen LogP contribution is 2.07. The average molecular weight is 222 g/mol. The SMILES string of the molecule is CC(C)C(=O)NC(C)(C)CS(=O)(=O)[O-]. The van der Waals surface area contributed by atoms with Gasteiger partial charge in [-0.25, -0.2) is 8.42 Å². The molecule has 84 valence electrons. The minimum Gasteiger partial charge on any atom is -0.748 e. The Morgan fingerprint density at radius 2 is 1.86 bits per heavy atom. The molecule has 0 bridgehead atoms. The third-order valence-electron chi connectivity index (χ3n) is 1.52. The van der Waals surface area contributed by atoms with Gasteiger partial charge in [-0.05, 0) is 13.8 Å². The first-order valence-electron chi connectivity index (χ1n) is 4.29. The van der Waals surface area contributed by atoms with Crippen molar-refractivity contribution in [2.75, 3.05) is 5.75 Å². The fourth-order valence-corrected chi connectivity index (χ4v) is 1.91. The van der Waals surface area contributed by atoms with Gasteiger partial charge in [0, 0.05) is 11.5 Å². The number of nitrogens with one attached hydrogen (secondary N) is 1. The molecule has 0 radical (unpaired) electrons. The lowest BCUT2D eigenvalue weighted by molar-refractivity contribution is -0.125. The van der Waals surface area contributed by atoms with Gasteiger partial charge in [0.15, 0.2) is 0 Å². The summed E-state index contributed by atoms with van der Waals surface area (Å²) in [4.78, 5) is 11.2. The largest absolute Gasteiger partial charge is 0.748 e. The van der Waals surface area contributed by atoms with Crippen LogP contribution >= 0.6 is 0 Å². The fourth-order valence-electron chi connectivity index (χ4n) is 0.956. The maximum Gasteiger partial charge on any atom is 0.222 e. The molecule has 0 heterocycles. The molecule has 0 aromatic rings. The van der Waals surface area contributed by atoms with E-state index in [2.05, 4.69) is 5.32 Å². The van der Waals surface area contributed by atoms with Crippen LogP contribution in [0.3, 0.4) is 0 Å². The molecule has 6 heteroatoms. The second kappa shape index (κ2) is 4.27. The van der Waals surface area contributed by atoms with E-state index in [0.29, 0.717) is 0 Å². The van der Waals surface area contributed by atoms with Crippen molar-refractivity contribution in [1.29, 1.82) is 0 Å². The Bertz CT molecular complexity index is 305. The molecular formula is C8H16NO4S-. The molecule has 0 aromatic carbocycles. The van der Waals surface area contributed by atoms with Crippen LogP contribution in [0.25, 0.3) is 0 Å². The smallest absolute Gasteiger partial charge is 0.222 e. The lowest BCUT2D eigenvalue weighted by Crippen LogP contribution is -2.49. The molecule has 0 fully saturated rings. The maximum absolute atomic E-state index is 11.2. The summed E-state index contributed by atoms with van der Waals surface area (Å²) in [5, 5.41) is 2.49. The molecule has 0 rings (SSSR count). The molecule has 1 N–H and O–H groups in total. The van der Waals surface area contributed by atoms with Crippen molar-refractivity contribution in [2.24, 2.45) is 5.92 Å². The first-order valence-corrected chi connectivity index (χ1v) is 5.87. The van der Waals surface area contributed by atoms with Crippen LogP contribution in [0.4, 0.5) is 0 Å². The van der Waals surface area contributed by atoms with E-state index in [9.17, 15) is 17.8 Å². The van der Waals surface area contributed by atoms with Gasteiger partial charge in [0.25, 0.3) is 0 Å². The van der Waals surface area contributed by atoms with E-state index < -0.39 is 21.4 Å². The highest BCUT2D eigenvalue weighted by atomic mass is 32.2. The molecule has 0 saturated carbocycles. The second-order valence-corrected chi connectivity index (χ2v) is 5.63. The van der Waals surface area contributed by atoms with Gasteiger partial charge in [0.1, 0.15) is 0 Å². The summed E-state index contributed by atoms with van der Waals surface area (Å²) in [6.07, 6.45) is 0. The highest BCUT2D eigenvalue weighted by Gasteiger charge is 2.24. The number of hydrogen-bond donors (Lipinski definition) is 1. The molecule has 1 amide bonds. The van der Waals surface area contributed by atoms with Gasteiger partial charge < -0.3 is 9.87 Å². The third kappa shape index (κ3) is 5.93. The van der Waals surface area contributed by atoms with E-state index in [-0.39, 0.29) is 11.8 Å². The Hall–Kier alpha value is -0.620. The average Bonchev–Trinajstić information content (AvgIpc) is 1.78. The van der Waals surface area contributed by atoms with Crippen molar-refractivity contribution >= 4 is 16.0 Å². The predicted octanol–water partition coefficient (Wildman–Crippen LogP) is 0.0824. The summed E-state index contributed by atoms with van der Waals surface area (Å²) >= 11 is 0. The molecular weight excluding hydrogens is 206 g/mol. The zero-order valence-corrected chi connectivity index (χ0v) is 9.64. The molecule has 0 aliphatic heterocycles. The van der Waals surface area contributed by atoms with Crippen molar-refractivity contribution in [1.82, 2.24) is 5.32 Å². The standard InChI is InChI=1S/C8H17NO4S/c1-6(2)7(10)9-8(3,4)5-14(11,12)13/h6H,5H2,1-4H3,(H,9,10)(H,11,12,13)/p-1. The molecule has 0 unspecified atom stereocenters. The first-order chi connectivity index (χ1) is 6.03. The Labute approximate surface area is 84.6 Å². The van der Waals surface area contributed by atoms with Gasteiger partial charge in [-0.2, -0.15) is 0 Å². The number of hydrogen-bond acceptors (Lipinski definition) is 4. The van der Waals surface area contributed by atoms with E-state index in [0.717, 1.165) is 0 Å². The maximum atomic E-state index is 11.2. The topological polar surface area (TPSA) is 86.3 Å². The highest BCUT2D eigenvalue weighted by molar-refractivity contribution is 7.85. The van der Waals surface area contributed by atoms with Crippen molar-refractivity contribution in [2.45, 2.75) is 33.2 Å². The van der Waals surface area contributed by atoms with Gasteiger partial charge in [0.2, 0.25) is 5.91 Å². The summed E-state index contributed by atoms with van der Waals surface area (Å²) in [6, 6.07) is 0. The monoisotopic (exact) mass is 222 g/mol. The van der Waals surface area contributed by atoms with Crippen LogP contribution in [0.1, 0.15) is 27.7 Å². The third-order valence-corrected chi connectivity index (χ3v) is 2.60. The van der Waals surface area contributed by atoms with Crippen LogP contribution in [0.2, 0.25) is 0 Å². The zero-order chi connectivity index (χ0) is 11.6. The van der Waals surface area contributed by atoms with Crippen molar-refractivity contribution in [3.05, 3.63) is 0 Å². The Balaban J connectivity index is 4.43. The van der Waals surface area contributed by atoms with Gasteiger partial charge in [-0.1, -0.05) is 13.8 Å². The van der Waals surface area contributed by atoms with E-state index in [1.54, 1.807) is 13.8 Å². The predicted molar refractivity (Wildman–Crippen MR) is 51.6 cm³/mol. The Morgan fingerprint density at radius 1 is 1.43 bits per heavy atom. The second-order valence-electron chi connectivity index (χ2n) is 4.23. The van der Waals surface area contributed by atoms with E-state index in [1.807, 2.05) is 0 Å². The summed E-state index contributed by atoms with van der Waals surface area (Å²) in [5.41, 5.74) is -1.01. The minimum atomic E-state index is -4.32. The van der Waals surface area contributed by atoms with Crippen molar-refractivity contribution in [3.8, 4) is 0 Å². The lowest BCUT2D eigenvalue weighted by Gasteiger charge is -2.28. The molecule has 0 spiro atoms. The van der Waals surface area contributed by atoms with Crippen molar-refractivity contribution in [3.63, 3.8) is 0 Å². The number of amides is 1. The fraction of sp³-hybridized carbons (Fsp3) is 0.875. The van der Waals surface area contributed by atoms with Crippen LogP contribution in [0, 0.1) is 5.92 Å². The molecule has 0 atom stereocenters. The molecule has 14 heavy (non-hydrogen) atoms. The van der Waals surface area contributed by atoms with Gasteiger partial charge in [0.05, 0.1) is 15.9 Å². The van der Waals surface area contributed by atoms with E-state index >= 15 is 0 Å². The molecule has 0 aliphatic rings. The molecule has 0 aliphatic carbocycles. The van der Waals surface area contributed by atoms with E-state index in [1.165, 1.54) is 13.8 Å². The van der Waals surface area contributed by atoms with Crippen LogP contribution in [-0.4, -0.2) is 30.2 Å². The summed E-state index contributed by atoms with van der Waals surface area (Å²) in [7, 11) is -4.32. The van der Waals surface area contributed by atoms with Crippen LogP contribution in [-0.2, 0) is 14.9 Å². The molecule has 0 aromatic heterocycles. The number of carbonyl (C=O) groups excluding carboxylic acids is 1. The zero-order valence-electron chi connectivity index (χ0n) is 8.83. The molecule has 5 nitrogen and oxygen atoms in total. The quantitative estimate of drug-likeness (QED) is 0.682. The first kappa shape index (κ1) is 13.4. The van der Waals surface area contributed by atoms with Crippen LogP contribution in [0.5, 0.6) is 0 Å².